The molecule has 0 N–H and O–H groups in total. The van der Waals surface area contributed by atoms with E-state index in [0.717, 1.165) is 11.8 Å². The minimum atomic E-state index is 0.650. The molecule has 4 aromatic rings. The van der Waals surface area contributed by atoms with Gasteiger partial charge < -0.3 is 0 Å². The van der Waals surface area contributed by atoms with Crippen molar-refractivity contribution >= 4 is 45.3 Å². The average Bonchev–Trinajstić information content (AvgIpc) is 3.63. The van der Waals surface area contributed by atoms with Gasteiger partial charge in [0.25, 0.3) is 0 Å². The van der Waals surface area contributed by atoms with Crippen LogP contribution in [0.5, 0.6) is 0 Å². The molecule has 0 aromatic carbocycles. The molecule has 4 aromatic heterocycles. The Hall–Kier alpha value is -1.20. The van der Waals surface area contributed by atoms with Crippen LogP contribution in [0.4, 0.5) is 0 Å². The highest BCUT2D eigenvalue weighted by Gasteiger charge is 2.16. The Bertz CT molecular complexity index is 1080. The molecule has 0 saturated heterocycles. The fourth-order valence-corrected chi connectivity index (χ4v) is 8.91. The van der Waals surface area contributed by atoms with Crippen LogP contribution in [-0.2, 0) is 0 Å². The lowest BCUT2D eigenvalue weighted by molar-refractivity contribution is 0.474. The van der Waals surface area contributed by atoms with Gasteiger partial charge in [-0.25, -0.2) is 0 Å². The van der Waals surface area contributed by atoms with Crippen LogP contribution in [0.1, 0.15) is 88.8 Å². The lowest BCUT2D eigenvalue weighted by Gasteiger charge is -2.14. The third-order valence-electron chi connectivity index (χ3n) is 7.07. The monoisotopic (exact) mass is 526 g/mol. The topological polar surface area (TPSA) is 0 Å². The Morgan fingerprint density at radius 1 is 0.471 bits per heavy atom. The van der Waals surface area contributed by atoms with Gasteiger partial charge in [-0.1, -0.05) is 54.4 Å². The predicted octanol–water partition coefficient (Wildman–Crippen LogP) is 12.0. The fourth-order valence-electron chi connectivity index (χ4n) is 4.48. The molecule has 0 spiro atoms. The first-order valence-electron chi connectivity index (χ1n) is 12.8. The lowest BCUT2D eigenvalue weighted by atomic mass is 9.94. The zero-order valence-electron chi connectivity index (χ0n) is 21.4. The molecule has 182 valence electrons. The molecule has 4 unspecified atom stereocenters. The van der Waals surface area contributed by atoms with Gasteiger partial charge in [-0.15, -0.1) is 45.3 Å². The van der Waals surface area contributed by atoms with Crippen LogP contribution in [0.2, 0.25) is 0 Å². The van der Waals surface area contributed by atoms with E-state index in [1.807, 2.05) is 45.3 Å². The van der Waals surface area contributed by atoms with E-state index in [1.54, 1.807) is 0 Å². The van der Waals surface area contributed by atoms with Crippen molar-refractivity contribution < 1.29 is 0 Å². The van der Waals surface area contributed by atoms with Gasteiger partial charge in [-0.2, -0.15) is 0 Å². The molecule has 0 saturated carbocycles. The summed E-state index contributed by atoms with van der Waals surface area (Å²) in [6.07, 6.45) is 5.10. The summed E-state index contributed by atoms with van der Waals surface area (Å²) in [7, 11) is 0. The van der Waals surface area contributed by atoms with Crippen LogP contribution in [-0.4, -0.2) is 0 Å². The van der Waals surface area contributed by atoms with Gasteiger partial charge in [0.2, 0.25) is 0 Å². The first-order chi connectivity index (χ1) is 16.4. The summed E-state index contributed by atoms with van der Waals surface area (Å²) in [6, 6.07) is 18.6. The molecule has 4 atom stereocenters. The maximum absolute atomic E-state index is 2.38. The van der Waals surface area contributed by atoms with Crippen molar-refractivity contribution in [2.45, 2.75) is 79.1 Å². The molecule has 34 heavy (non-hydrogen) atoms. The first-order valence-corrected chi connectivity index (χ1v) is 16.0. The molecule has 4 rings (SSSR count). The van der Waals surface area contributed by atoms with Crippen LogP contribution in [0.15, 0.2) is 48.5 Å². The summed E-state index contributed by atoms with van der Waals surface area (Å²) in [5.74, 6) is 2.89. The van der Waals surface area contributed by atoms with Gasteiger partial charge in [-0.3, -0.25) is 0 Å². The van der Waals surface area contributed by atoms with Crippen LogP contribution >= 0.6 is 45.3 Å². The molecule has 0 aliphatic heterocycles. The lowest BCUT2D eigenvalue weighted by Crippen LogP contribution is -1.98. The molecule has 0 amide bonds. The second kappa shape index (κ2) is 11.7. The summed E-state index contributed by atoms with van der Waals surface area (Å²) >= 11 is 7.84. The molecule has 0 radical (unpaired) electrons. The van der Waals surface area contributed by atoms with Crippen molar-refractivity contribution in [3.8, 4) is 29.3 Å². The predicted molar refractivity (Wildman–Crippen MR) is 159 cm³/mol. The largest absolute Gasteiger partial charge is 0.139 e. The summed E-state index contributed by atoms with van der Waals surface area (Å²) < 4.78 is 0. The van der Waals surface area contributed by atoms with E-state index >= 15 is 0 Å². The smallest absolute Gasteiger partial charge is 0.0449 e. The molecular weight excluding hydrogens is 489 g/mol. The summed E-state index contributed by atoms with van der Waals surface area (Å²) in [5.41, 5.74) is 0. The maximum atomic E-state index is 2.38. The van der Waals surface area contributed by atoms with Crippen LogP contribution in [0, 0.1) is 11.8 Å². The number of hydrogen-bond acceptors (Lipinski definition) is 4. The highest BCUT2D eigenvalue weighted by molar-refractivity contribution is 7.28. The van der Waals surface area contributed by atoms with Gasteiger partial charge in [0, 0.05) is 39.0 Å². The second-order valence-electron chi connectivity index (χ2n) is 10.0. The summed E-state index contributed by atoms with van der Waals surface area (Å²) in [6.45, 7) is 14.1. The third-order valence-corrected chi connectivity index (χ3v) is 12.5. The summed E-state index contributed by atoms with van der Waals surface area (Å²) in [4.78, 5) is 11.4. The molecular formula is C30H38S4. The number of thiophene rings is 4. The normalized spacial score (nSPS) is 15.4. The van der Waals surface area contributed by atoms with Gasteiger partial charge in [0.05, 0.1) is 0 Å². The number of hydrogen-bond donors (Lipinski definition) is 0. The maximum Gasteiger partial charge on any atom is 0.0449 e. The summed E-state index contributed by atoms with van der Waals surface area (Å²) in [5, 5.41) is 0. The van der Waals surface area contributed by atoms with E-state index in [9.17, 15) is 0 Å². The minimum absolute atomic E-state index is 0.650. The average molecular weight is 527 g/mol. The Morgan fingerprint density at radius 2 is 0.765 bits per heavy atom. The highest BCUT2D eigenvalue weighted by Crippen LogP contribution is 2.44. The van der Waals surface area contributed by atoms with E-state index < -0.39 is 0 Å². The molecule has 0 bridgehead atoms. The number of rotatable bonds is 11. The highest BCUT2D eigenvalue weighted by atomic mass is 32.1. The molecule has 0 fully saturated rings. The van der Waals surface area contributed by atoms with Crippen molar-refractivity contribution in [1.29, 1.82) is 0 Å². The standard InChI is InChI=1S/C30H38S4/c1-7-19(3)17-21(5)23-9-11-25(31-23)27-13-15-29(33-27)30-16-14-28(34-30)26-12-10-24(32-26)22(6)18-20(4)8-2/h9-16,19-22H,7-8,17-18H2,1-6H3. The molecule has 4 heteroatoms. The second-order valence-corrected chi connectivity index (χ2v) is 14.4. The van der Waals surface area contributed by atoms with E-state index in [2.05, 4.69) is 90.1 Å². The molecule has 0 aliphatic carbocycles. The fraction of sp³-hybridized carbons (Fsp3) is 0.467. The van der Waals surface area contributed by atoms with Gasteiger partial charge >= 0.3 is 0 Å². The Balaban J connectivity index is 1.45. The molecule has 0 aliphatic rings. The minimum Gasteiger partial charge on any atom is -0.139 e. The van der Waals surface area contributed by atoms with Crippen LogP contribution in [0.3, 0.4) is 0 Å². The Labute approximate surface area is 222 Å². The van der Waals surface area contributed by atoms with E-state index in [1.165, 1.54) is 64.7 Å². The molecule has 0 nitrogen and oxygen atoms in total. The van der Waals surface area contributed by atoms with Gasteiger partial charge in [0.1, 0.15) is 0 Å². The van der Waals surface area contributed by atoms with Crippen molar-refractivity contribution in [2.75, 3.05) is 0 Å². The SMILES string of the molecule is CCC(C)CC(C)c1ccc(-c2ccc(-c3ccc(-c4ccc(C(C)CC(C)CC)s4)s3)s2)s1. The van der Waals surface area contributed by atoms with Crippen molar-refractivity contribution in [2.24, 2.45) is 11.8 Å². The van der Waals surface area contributed by atoms with E-state index in [4.69, 9.17) is 0 Å². The van der Waals surface area contributed by atoms with Crippen molar-refractivity contribution in [3.63, 3.8) is 0 Å². The van der Waals surface area contributed by atoms with E-state index in [-0.39, 0.29) is 0 Å². The Kier molecular flexibility index (Phi) is 8.90. The van der Waals surface area contributed by atoms with Gasteiger partial charge in [0.15, 0.2) is 0 Å². The van der Waals surface area contributed by atoms with Crippen LogP contribution in [0.25, 0.3) is 29.3 Å². The van der Waals surface area contributed by atoms with Crippen molar-refractivity contribution in [3.05, 3.63) is 58.3 Å². The van der Waals surface area contributed by atoms with Crippen LogP contribution < -0.4 is 0 Å². The third kappa shape index (κ3) is 6.13. The zero-order chi connectivity index (χ0) is 24.2. The van der Waals surface area contributed by atoms with Crippen molar-refractivity contribution in [1.82, 2.24) is 0 Å². The van der Waals surface area contributed by atoms with Gasteiger partial charge in [-0.05, 0) is 85.0 Å². The quantitative estimate of drug-likeness (QED) is 0.182. The zero-order valence-corrected chi connectivity index (χ0v) is 24.7. The first kappa shape index (κ1) is 25.9. The van der Waals surface area contributed by atoms with E-state index in [0.29, 0.717) is 11.8 Å². The Morgan fingerprint density at radius 3 is 1.09 bits per heavy atom. The molecule has 4 heterocycles.